The van der Waals surface area contributed by atoms with Gasteiger partial charge in [0.1, 0.15) is 0 Å². The van der Waals surface area contributed by atoms with Crippen molar-refractivity contribution in [3.8, 4) is 11.1 Å². The van der Waals surface area contributed by atoms with Crippen LogP contribution in [0.3, 0.4) is 0 Å². The van der Waals surface area contributed by atoms with Gasteiger partial charge in [0.05, 0.1) is 5.60 Å². The first-order valence-electron chi connectivity index (χ1n) is 8.66. The Hall–Kier alpha value is -1.60. The van der Waals surface area contributed by atoms with Crippen molar-refractivity contribution in [3.05, 3.63) is 60.2 Å². The lowest BCUT2D eigenvalue weighted by Crippen LogP contribution is -2.24. The molecule has 1 fully saturated rings. The fourth-order valence-electron chi connectivity index (χ4n) is 3.21. The van der Waals surface area contributed by atoms with Crippen molar-refractivity contribution in [2.75, 3.05) is 0 Å². The zero-order valence-corrected chi connectivity index (χ0v) is 13.9. The van der Waals surface area contributed by atoms with Gasteiger partial charge in [0.15, 0.2) is 0 Å². The smallest absolute Gasteiger partial charge is 0.0896 e. The molecule has 0 spiro atoms. The van der Waals surface area contributed by atoms with Crippen LogP contribution in [0.2, 0.25) is 0 Å². The highest BCUT2D eigenvalue weighted by atomic mass is 16.3. The van der Waals surface area contributed by atoms with Crippen LogP contribution in [-0.4, -0.2) is 5.11 Å². The molecule has 1 heteroatoms. The standard InChI is InChI=1S/C19H22O.C2H6/c20-19(14-6-1-2-7-15-19)18-12-10-17(11-13-18)16-8-4-3-5-9-16;1-2/h3-5,8-13,20H,1-2,6-7,14-15H2;1-2H3. The molecule has 1 N–H and O–H groups in total. The summed E-state index contributed by atoms with van der Waals surface area (Å²) in [5.41, 5.74) is 2.92. The van der Waals surface area contributed by atoms with Crippen LogP contribution in [0.5, 0.6) is 0 Å². The number of benzene rings is 2. The highest BCUT2D eigenvalue weighted by Gasteiger charge is 2.29. The Morgan fingerprint density at radius 3 is 1.73 bits per heavy atom. The third kappa shape index (κ3) is 3.98. The maximum absolute atomic E-state index is 10.9. The number of hydrogen-bond acceptors (Lipinski definition) is 1. The molecule has 118 valence electrons. The maximum Gasteiger partial charge on any atom is 0.0896 e. The van der Waals surface area contributed by atoms with E-state index >= 15 is 0 Å². The molecule has 0 atom stereocenters. The molecule has 0 aliphatic heterocycles. The van der Waals surface area contributed by atoms with Crippen LogP contribution < -0.4 is 0 Å². The molecule has 0 heterocycles. The second-order valence-corrected chi connectivity index (χ2v) is 5.89. The van der Waals surface area contributed by atoms with Crippen LogP contribution >= 0.6 is 0 Å². The van der Waals surface area contributed by atoms with Gasteiger partial charge in [-0.25, -0.2) is 0 Å². The molecule has 3 rings (SSSR count). The van der Waals surface area contributed by atoms with Gasteiger partial charge in [-0.15, -0.1) is 0 Å². The highest BCUT2D eigenvalue weighted by Crippen LogP contribution is 2.36. The van der Waals surface area contributed by atoms with Crippen LogP contribution in [0.25, 0.3) is 11.1 Å². The van der Waals surface area contributed by atoms with Crippen LogP contribution in [0.4, 0.5) is 0 Å². The Bertz CT molecular complexity index is 534. The van der Waals surface area contributed by atoms with Crippen molar-refractivity contribution in [3.63, 3.8) is 0 Å². The van der Waals surface area contributed by atoms with Gasteiger partial charge in [0.2, 0.25) is 0 Å². The first-order valence-corrected chi connectivity index (χ1v) is 8.66. The third-order valence-electron chi connectivity index (χ3n) is 4.46. The molecule has 1 aliphatic rings. The number of rotatable bonds is 2. The van der Waals surface area contributed by atoms with Gasteiger partial charge in [0, 0.05) is 0 Å². The molecule has 0 bridgehead atoms. The quantitative estimate of drug-likeness (QED) is 0.682. The molecule has 0 aromatic heterocycles. The fraction of sp³-hybridized carbons (Fsp3) is 0.429. The lowest BCUT2D eigenvalue weighted by atomic mass is 9.86. The SMILES string of the molecule is CC.OC1(c2ccc(-c3ccccc3)cc2)CCCCCC1. The molecule has 1 aliphatic carbocycles. The molecule has 0 unspecified atom stereocenters. The first-order chi connectivity index (χ1) is 10.8. The summed E-state index contributed by atoms with van der Waals surface area (Å²) >= 11 is 0. The van der Waals surface area contributed by atoms with E-state index in [0.29, 0.717) is 0 Å². The second-order valence-electron chi connectivity index (χ2n) is 5.89. The van der Waals surface area contributed by atoms with E-state index in [1.165, 1.54) is 24.0 Å². The number of hydrogen-bond donors (Lipinski definition) is 1. The minimum Gasteiger partial charge on any atom is -0.385 e. The summed E-state index contributed by atoms with van der Waals surface area (Å²) in [7, 11) is 0. The van der Waals surface area contributed by atoms with Crippen molar-refractivity contribution in [1.82, 2.24) is 0 Å². The van der Waals surface area contributed by atoms with Gasteiger partial charge in [-0.2, -0.15) is 0 Å². The van der Waals surface area contributed by atoms with Crippen LogP contribution in [0, 0.1) is 0 Å². The van der Waals surface area contributed by atoms with Gasteiger partial charge in [0.25, 0.3) is 0 Å². The lowest BCUT2D eigenvalue weighted by molar-refractivity contribution is 0.0207. The molecule has 0 radical (unpaired) electrons. The third-order valence-corrected chi connectivity index (χ3v) is 4.46. The first kappa shape index (κ1) is 16.8. The lowest BCUT2D eigenvalue weighted by Gasteiger charge is -2.27. The average molecular weight is 296 g/mol. The zero-order valence-electron chi connectivity index (χ0n) is 13.9. The summed E-state index contributed by atoms with van der Waals surface area (Å²) in [6.07, 6.45) is 6.58. The average Bonchev–Trinajstić information content (AvgIpc) is 2.83. The van der Waals surface area contributed by atoms with Gasteiger partial charge in [-0.05, 0) is 29.5 Å². The van der Waals surface area contributed by atoms with E-state index in [0.717, 1.165) is 31.2 Å². The Morgan fingerprint density at radius 2 is 1.18 bits per heavy atom. The molecular weight excluding hydrogens is 268 g/mol. The van der Waals surface area contributed by atoms with Crippen molar-refractivity contribution in [2.24, 2.45) is 0 Å². The second kappa shape index (κ2) is 8.14. The van der Waals surface area contributed by atoms with Crippen LogP contribution in [-0.2, 0) is 5.60 Å². The predicted octanol–water partition coefficient (Wildman–Crippen LogP) is 5.92. The summed E-state index contributed by atoms with van der Waals surface area (Å²) in [5, 5.41) is 10.9. The molecule has 0 saturated heterocycles. The molecular formula is C21H28O. The zero-order chi connectivity index (χ0) is 15.8. The Morgan fingerprint density at radius 1 is 0.682 bits per heavy atom. The summed E-state index contributed by atoms with van der Waals surface area (Å²) in [6, 6.07) is 18.9. The Kier molecular flexibility index (Phi) is 6.21. The maximum atomic E-state index is 10.9. The summed E-state index contributed by atoms with van der Waals surface area (Å²) in [5.74, 6) is 0. The summed E-state index contributed by atoms with van der Waals surface area (Å²) in [4.78, 5) is 0. The molecule has 1 nitrogen and oxygen atoms in total. The van der Waals surface area contributed by atoms with E-state index in [4.69, 9.17) is 0 Å². The van der Waals surface area contributed by atoms with Gasteiger partial charge in [-0.1, -0.05) is 94.1 Å². The summed E-state index contributed by atoms with van der Waals surface area (Å²) < 4.78 is 0. The van der Waals surface area contributed by atoms with E-state index in [1.807, 2.05) is 19.9 Å². The topological polar surface area (TPSA) is 20.2 Å². The largest absolute Gasteiger partial charge is 0.385 e. The predicted molar refractivity (Wildman–Crippen MR) is 94.8 cm³/mol. The molecule has 1 saturated carbocycles. The Balaban J connectivity index is 0.000000847. The Labute approximate surface area is 135 Å². The highest BCUT2D eigenvalue weighted by molar-refractivity contribution is 5.63. The molecule has 22 heavy (non-hydrogen) atoms. The van der Waals surface area contributed by atoms with Crippen molar-refractivity contribution in [2.45, 2.75) is 58.0 Å². The van der Waals surface area contributed by atoms with Gasteiger partial charge < -0.3 is 5.11 Å². The normalized spacial score (nSPS) is 17.0. The van der Waals surface area contributed by atoms with E-state index < -0.39 is 5.60 Å². The summed E-state index contributed by atoms with van der Waals surface area (Å²) in [6.45, 7) is 4.00. The van der Waals surface area contributed by atoms with Crippen molar-refractivity contribution in [1.29, 1.82) is 0 Å². The molecule has 0 amide bonds. The monoisotopic (exact) mass is 296 g/mol. The minimum atomic E-state index is -0.605. The van der Waals surface area contributed by atoms with Crippen LogP contribution in [0.15, 0.2) is 54.6 Å². The van der Waals surface area contributed by atoms with E-state index in [2.05, 4.69) is 48.5 Å². The van der Waals surface area contributed by atoms with Gasteiger partial charge in [-0.3, -0.25) is 0 Å². The minimum absolute atomic E-state index is 0.605. The van der Waals surface area contributed by atoms with E-state index in [1.54, 1.807) is 0 Å². The molecule has 2 aromatic carbocycles. The van der Waals surface area contributed by atoms with E-state index in [9.17, 15) is 5.11 Å². The van der Waals surface area contributed by atoms with Crippen LogP contribution in [0.1, 0.15) is 57.9 Å². The van der Waals surface area contributed by atoms with E-state index in [-0.39, 0.29) is 0 Å². The fourth-order valence-corrected chi connectivity index (χ4v) is 3.21. The number of aliphatic hydroxyl groups is 1. The van der Waals surface area contributed by atoms with Gasteiger partial charge >= 0.3 is 0 Å². The molecule has 2 aromatic rings. The van der Waals surface area contributed by atoms with Crippen molar-refractivity contribution < 1.29 is 5.11 Å². The van der Waals surface area contributed by atoms with Crippen molar-refractivity contribution >= 4 is 0 Å².